The molecule has 1 aliphatic rings. The summed E-state index contributed by atoms with van der Waals surface area (Å²) in [7, 11) is -1.69. The molecule has 0 bridgehead atoms. The van der Waals surface area contributed by atoms with Gasteiger partial charge in [-0.25, -0.2) is 13.3 Å². The van der Waals surface area contributed by atoms with Gasteiger partial charge in [0.2, 0.25) is 21.8 Å². The number of hydrogen-bond donors (Lipinski definition) is 1. The van der Waals surface area contributed by atoms with E-state index in [1.165, 1.54) is 76.6 Å². The number of amides is 3. The normalized spacial score (nSPS) is 15.9. The maximum atomic E-state index is 13.7. The van der Waals surface area contributed by atoms with Crippen LogP contribution in [0, 0.1) is 0 Å². The molecule has 198 valence electrons. The number of benzene rings is 2. The second-order valence-electron chi connectivity index (χ2n) is 8.06. The molecule has 0 saturated carbocycles. The molecule has 13 heteroatoms. The third-order valence-corrected chi connectivity index (χ3v) is 7.35. The van der Waals surface area contributed by atoms with Crippen LogP contribution in [0.4, 0.5) is 11.4 Å². The standard InChI is InChI=1S/C24H27N3O9S/c1-15(28)25-17-5-11-20(12-6-17)37(32,33)26(14-23(34-3)35-4)21-13-22(30)27(24(21)31)18-7-9-19(10-8-18)36-16(2)29/h5-12,21,23H,13-14H2,1-4H3,(H,25,28). The number of hydrogen-bond acceptors (Lipinski definition) is 9. The Labute approximate surface area is 214 Å². The fourth-order valence-electron chi connectivity index (χ4n) is 3.78. The molecule has 12 nitrogen and oxygen atoms in total. The molecule has 2 aromatic rings. The summed E-state index contributed by atoms with van der Waals surface area (Å²) in [4.78, 5) is 49.5. The first-order valence-corrected chi connectivity index (χ1v) is 12.5. The summed E-state index contributed by atoms with van der Waals surface area (Å²) in [5.41, 5.74) is 0.584. The molecule has 1 unspecified atom stereocenters. The van der Waals surface area contributed by atoms with Crippen molar-refractivity contribution in [3.05, 3.63) is 48.5 Å². The van der Waals surface area contributed by atoms with E-state index in [2.05, 4.69) is 5.32 Å². The average molecular weight is 534 g/mol. The molecule has 3 amide bonds. The molecule has 1 heterocycles. The fourth-order valence-corrected chi connectivity index (χ4v) is 5.34. The van der Waals surface area contributed by atoms with Crippen LogP contribution in [0.5, 0.6) is 5.75 Å². The average Bonchev–Trinajstić information content (AvgIpc) is 3.13. The van der Waals surface area contributed by atoms with Gasteiger partial charge in [-0.15, -0.1) is 0 Å². The van der Waals surface area contributed by atoms with Crippen LogP contribution in [0.1, 0.15) is 20.3 Å². The first-order chi connectivity index (χ1) is 17.5. The lowest BCUT2D eigenvalue weighted by Gasteiger charge is -2.29. The minimum atomic E-state index is -4.32. The van der Waals surface area contributed by atoms with E-state index in [-0.39, 0.29) is 28.8 Å². The Morgan fingerprint density at radius 1 is 1.03 bits per heavy atom. The topological polar surface area (TPSA) is 149 Å². The Kier molecular flexibility index (Phi) is 8.76. The smallest absolute Gasteiger partial charge is 0.308 e. The van der Waals surface area contributed by atoms with Crippen LogP contribution < -0.4 is 15.0 Å². The molecule has 2 aromatic carbocycles. The summed E-state index contributed by atoms with van der Waals surface area (Å²) in [6, 6.07) is 9.71. The number of esters is 1. The van der Waals surface area contributed by atoms with Gasteiger partial charge in [0.15, 0.2) is 6.29 Å². The zero-order valence-corrected chi connectivity index (χ0v) is 21.5. The van der Waals surface area contributed by atoms with Crippen LogP contribution >= 0.6 is 0 Å². The summed E-state index contributed by atoms with van der Waals surface area (Å²) >= 11 is 0. The third-order valence-electron chi connectivity index (χ3n) is 5.46. The van der Waals surface area contributed by atoms with Crippen molar-refractivity contribution in [2.45, 2.75) is 37.5 Å². The monoisotopic (exact) mass is 533 g/mol. The van der Waals surface area contributed by atoms with Crippen LogP contribution in [0.25, 0.3) is 0 Å². The van der Waals surface area contributed by atoms with E-state index in [4.69, 9.17) is 14.2 Å². The minimum Gasteiger partial charge on any atom is -0.427 e. The van der Waals surface area contributed by atoms with Gasteiger partial charge >= 0.3 is 5.97 Å². The Hall–Kier alpha value is -3.65. The van der Waals surface area contributed by atoms with E-state index in [1.54, 1.807) is 0 Å². The molecule has 3 rings (SSSR count). The first kappa shape index (κ1) is 27.9. The number of ether oxygens (including phenoxy) is 3. The van der Waals surface area contributed by atoms with Gasteiger partial charge < -0.3 is 19.5 Å². The molecule has 1 N–H and O–H groups in total. The molecular formula is C24H27N3O9S. The Morgan fingerprint density at radius 2 is 1.62 bits per heavy atom. The van der Waals surface area contributed by atoms with Crippen molar-refractivity contribution in [1.82, 2.24) is 4.31 Å². The van der Waals surface area contributed by atoms with Crippen LogP contribution in [0.3, 0.4) is 0 Å². The zero-order valence-electron chi connectivity index (χ0n) is 20.7. The van der Waals surface area contributed by atoms with Gasteiger partial charge in [-0.3, -0.25) is 19.2 Å². The predicted octanol–water partition coefficient (Wildman–Crippen LogP) is 1.51. The van der Waals surface area contributed by atoms with Crippen LogP contribution in [-0.4, -0.2) is 69.5 Å². The highest BCUT2D eigenvalue weighted by molar-refractivity contribution is 7.89. The highest BCUT2D eigenvalue weighted by atomic mass is 32.2. The summed E-state index contributed by atoms with van der Waals surface area (Å²) in [6.45, 7) is 2.19. The zero-order chi connectivity index (χ0) is 27.3. The van der Waals surface area contributed by atoms with Crippen molar-refractivity contribution in [1.29, 1.82) is 0 Å². The van der Waals surface area contributed by atoms with E-state index < -0.39 is 46.6 Å². The fraction of sp³-hybridized carbons (Fsp3) is 0.333. The van der Waals surface area contributed by atoms with E-state index in [0.717, 1.165) is 9.21 Å². The molecule has 1 fully saturated rings. The number of imide groups is 1. The number of anilines is 2. The maximum Gasteiger partial charge on any atom is 0.308 e. The van der Waals surface area contributed by atoms with Gasteiger partial charge in [-0.05, 0) is 48.5 Å². The molecular weight excluding hydrogens is 506 g/mol. The molecule has 1 aliphatic heterocycles. The number of nitrogens with zero attached hydrogens (tertiary/aromatic N) is 2. The quantitative estimate of drug-likeness (QED) is 0.208. The number of methoxy groups -OCH3 is 2. The highest BCUT2D eigenvalue weighted by Gasteiger charge is 2.47. The van der Waals surface area contributed by atoms with Crippen LogP contribution in [0.15, 0.2) is 53.4 Å². The van der Waals surface area contributed by atoms with Crippen molar-refractivity contribution in [2.24, 2.45) is 0 Å². The lowest BCUT2D eigenvalue weighted by molar-refractivity contribution is -0.132. The molecule has 0 spiro atoms. The van der Waals surface area contributed by atoms with Gasteiger partial charge in [0.25, 0.3) is 5.91 Å². The Morgan fingerprint density at radius 3 is 2.14 bits per heavy atom. The van der Waals surface area contributed by atoms with Crippen molar-refractivity contribution >= 4 is 45.1 Å². The lowest BCUT2D eigenvalue weighted by Crippen LogP contribution is -2.49. The summed E-state index contributed by atoms with van der Waals surface area (Å²) in [5.74, 6) is -1.99. The third kappa shape index (κ3) is 6.38. The molecule has 1 atom stereocenters. The largest absolute Gasteiger partial charge is 0.427 e. The first-order valence-electron chi connectivity index (χ1n) is 11.1. The Bertz CT molecular complexity index is 1270. The van der Waals surface area contributed by atoms with Crippen molar-refractivity contribution in [3.8, 4) is 5.75 Å². The second kappa shape index (κ2) is 11.6. The molecule has 0 radical (unpaired) electrons. The highest BCUT2D eigenvalue weighted by Crippen LogP contribution is 2.31. The SMILES string of the molecule is COC(CN(C1CC(=O)N(c2ccc(OC(C)=O)cc2)C1=O)S(=O)(=O)c1ccc(NC(C)=O)cc1)OC. The second-order valence-corrected chi connectivity index (χ2v) is 9.95. The minimum absolute atomic E-state index is 0.156. The predicted molar refractivity (Wildman–Crippen MR) is 131 cm³/mol. The van der Waals surface area contributed by atoms with Crippen LogP contribution in [-0.2, 0) is 38.7 Å². The summed E-state index contributed by atoms with van der Waals surface area (Å²) in [6.07, 6.45) is -1.43. The van der Waals surface area contributed by atoms with E-state index in [0.29, 0.717) is 5.69 Å². The maximum absolute atomic E-state index is 13.7. The van der Waals surface area contributed by atoms with Gasteiger partial charge in [-0.2, -0.15) is 4.31 Å². The Balaban J connectivity index is 1.95. The van der Waals surface area contributed by atoms with E-state index >= 15 is 0 Å². The number of sulfonamides is 1. The molecule has 0 aromatic heterocycles. The van der Waals surface area contributed by atoms with Gasteiger partial charge in [-0.1, -0.05) is 0 Å². The molecule has 0 aliphatic carbocycles. The number of rotatable bonds is 10. The van der Waals surface area contributed by atoms with Gasteiger partial charge in [0.05, 0.1) is 23.5 Å². The number of carbonyl (C=O) groups is 4. The number of carbonyl (C=O) groups excluding carboxylic acids is 4. The summed E-state index contributed by atoms with van der Waals surface area (Å²) in [5, 5.41) is 2.55. The molecule has 37 heavy (non-hydrogen) atoms. The molecule has 1 saturated heterocycles. The lowest BCUT2D eigenvalue weighted by atomic mass is 10.2. The van der Waals surface area contributed by atoms with Gasteiger partial charge in [0.1, 0.15) is 11.8 Å². The van der Waals surface area contributed by atoms with Crippen molar-refractivity contribution in [2.75, 3.05) is 31.0 Å². The summed E-state index contributed by atoms with van der Waals surface area (Å²) < 4.78 is 43.5. The van der Waals surface area contributed by atoms with E-state index in [9.17, 15) is 27.6 Å². The van der Waals surface area contributed by atoms with Gasteiger partial charge in [0, 0.05) is 33.8 Å². The number of nitrogens with one attached hydrogen (secondary N) is 1. The van der Waals surface area contributed by atoms with Crippen molar-refractivity contribution in [3.63, 3.8) is 0 Å². The van der Waals surface area contributed by atoms with Crippen LogP contribution in [0.2, 0.25) is 0 Å². The van der Waals surface area contributed by atoms with E-state index in [1.807, 2.05) is 0 Å². The van der Waals surface area contributed by atoms with Crippen molar-refractivity contribution < 1.29 is 41.8 Å².